The lowest BCUT2D eigenvalue weighted by Crippen LogP contribution is -2.50. The van der Waals surface area contributed by atoms with Crippen molar-refractivity contribution in [1.29, 1.82) is 0 Å². The van der Waals surface area contributed by atoms with E-state index in [1.165, 1.54) is 5.56 Å². The average molecular weight is 339 g/mol. The molecular weight excluding hydrogens is 314 g/mol. The van der Waals surface area contributed by atoms with Gasteiger partial charge in [0, 0.05) is 51.7 Å². The molecule has 0 spiro atoms. The molecule has 0 aliphatic carbocycles. The molecule has 0 bridgehead atoms. The summed E-state index contributed by atoms with van der Waals surface area (Å²) >= 11 is 0. The van der Waals surface area contributed by atoms with Crippen LogP contribution in [0, 0.1) is 0 Å². The number of pyridine rings is 1. The van der Waals surface area contributed by atoms with Gasteiger partial charge in [0.2, 0.25) is 0 Å². The third-order valence-electron chi connectivity index (χ3n) is 4.90. The summed E-state index contributed by atoms with van der Waals surface area (Å²) in [6, 6.07) is 14.1. The van der Waals surface area contributed by atoms with Gasteiger partial charge in [-0.2, -0.15) is 0 Å². The Morgan fingerprint density at radius 3 is 2.32 bits per heavy atom. The van der Waals surface area contributed by atoms with Crippen LogP contribution in [-0.4, -0.2) is 54.0 Å². The van der Waals surface area contributed by atoms with Gasteiger partial charge in [-0.25, -0.2) is 0 Å². The molecule has 2 aromatic rings. The Labute approximate surface area is 149 Å². The van der Waals surface area contributed by atoms with Crippen molar-refractivity contribution in [2.75, 3.05) is 33.3 Å². The van der Waals surface area contributed by atoms with Crippen molar-refractivity contribution in [3.05, 3.63) is 66.0 Å². The van der Waals surface area contributed by atoms with Crippen LogP contribution in [0.25, 0.3) is 0 Å². The van der Waals surface area contributed by atoms with Crippen LogP contribution < -0.4 is 0 Å². The Hall–Kier alpha value is -2.24. The van der Waals surface area contributed by atoms with Gasteiger partial charge in [0.05, 0.1) is 0 Å². The van der Waals surface area contributed by atoms with Gasteiger partial charge in [-0.3, -0.25) is 14.7 Å². The minimum absolute atomic E-state index is 0.0439. The summed E-state index contributed by atoms with van der Waals surface area (Å²) in [7, 11) is 1.59. The van der Waals surface area contributed by atoms with Crippen molar-refractivity contribution in [1.82, 2.24) is 14.8 Å². The molecule has 1 aromatic carbocycles. The highest BCUT2D eigenvalue weighted by Gasteiger charge is 2.30. The van der Waals surface area contributed by atoms with Crippen molar-refractivity contribution >= 4 is 5.91 Å². The van der Waals surface area contributed by atoms with E-state index in [4.69, 9.17) is 4.74 Å². The molecule has 2 heterocycles. The van der Waals surface area contributed by atoms with E-state index in [9.17, 15) is 4.79 Å². The first-order chi connectivity index (χ1) is 12.2. The monoisotopic (exact) mass is 339 g/mol. The van der Waals surface area contributed by atoms with Crippen molar-refractivity contribution in [3.8, 4) is 0 Å². The summed E-state index contributed by atoms with van der Waals surface area (Å²) in [5.74, 6) is 0.0439. The number of amides is 1. The van der Waals surface area contributed by atoms with E-state index < -0.39 is 6.10 Å². The van der Waals surface area contributed by atoms with Gasteiger partial charge in [0.1, 0.15) is 0 Å². The Morgan fingerprint density at radius 1 is 1.04 bits per heavy atom. The fourth-order valence-corrected chi connectivity index (χ4v) is 3.34. The second kappa shape index (κ2) is 8.23. The number of carbonyl (C=O) groups is 1. The highest BCUT2D eigenvalue weighted by atomic mass is 16.5. The first-order valence-corrected chi connectivity index (χ1v) is 8.71. The molecule has 5 heteroatoms. The second-order valence-electron chi connectivity index (χ2n) is 6.35. The Balaban J connectivity index is 1.61. The van der Waals surface area contributed by atoms with Crippen LogP contribution in [0.15, 0.2) is 54.9 Å². The number of nitrogens with zero attached hydrogens (tertiary/aromatic N) is 3. The van der Waals surface area contributed by atoms with Crippen LogP contribution in [0.1, 0.15) is 30.2 Å². The smallest absolute Gasteiger partial charge is 0.256 e. The number of rotatable bonds is 5. The quantitative estimate of drug-likeness (QED) is 0.840. The van der Waals surface area contributed by atoms with E-state index in [1.54, 1.807) is 13.3 Å². The Bertz CT molecular complexity index is 670. The van der Waals surface area contributed by atoms with E-state index in [1.807, 2.05) is 47.5 Å². The normalized spacial score (nSPS) is 17.9. The van der Waals surface area contributed by atoms with E-state index >= 15 is 0 Å². The first-order valence-electron chi connectivity index (χ1n) is 8.71. The van der Waals surface area contributed by atoms with E-state index in [2.05, 4.69) is 22.9 Å². The molecule has 0 radical (unpaired) electrons. The van der Waals surface area contributed by atoms with Gasteiger partial charge in [-0.1, -0.05) is 36.4 Å². The number of aromatic nitrogens is 1. The molecule has 1 aliphatic heterocycles. The van der Waals surface area contributed by atoms with Crippen LogP contribution in [0.4, 0.5) is 0 Å². The number of piperazine rings is 1. The van der Waals surface area contributed by atoms with Gasteiger partial charge in [-0.05, 0) is 24.1 Å². The molecule has 2 atom stereocenters. The van der Waals surface area contributed by atoms with E-state index in [-0.39, 0.29) is 5.91 Å². The fourth-order valence-electron chi connectivity index (χ4n) is 3.34. The zero-order chi connectivity index (χ0) is 17.6. The third kappa shape index (κ3) is 4.06. The maximum absolute atomic E-state index is 12.8. The molecule has 0 N–H and O–H groups in total. The SMILES string of the molecule is CO[C@H](C(=O)N1CCN([C@H](C)c2cccnc2)CC1)c1ccccc1. The van der Waals surface area contributed by atoms with Crippen molar-refractivity contribution in [2.24, 2.45) is 0 Å². The highest BCUT2D eigenvalue weighted by Crippen LogP contribution is 2.23. The van der Waals surface area contributed by atoms with Gasteiger partial charge in [0.25, 0.3) is 5.91 Å². The number of carbonyl (C=O) groups excluding carboxylic acids is 1. The fraction of sp³-hybridized carbons (Fsp3) is 0.400. The van der Waals surface area contributed by atoms with Gasteiger partial charge in [0.15, 0.2) is 6.10 Å². The zero-order valence-electron chi connectivity index (χ0n) is 14.8. The maximum atomic E-state index is 12.8. The zero-order valence-corrected chi connectivity index (χ0v) is 14.8. The number of benzene rings is 1. The Kier molecular flexibility index (Phi) is 5.79. The minimum Gasteiger partial charge on any atom is -0.367 e. The van der Waals surface area contributed by atoms with Crippen molar-refractivity contribution < 1.29 is 9.53 Å². The maximum Gasteiger partial charge on any atom is 0.256 e. The summed E-state index contributed by atoms with van der Waals surface area (Å²) in [5, 5.41) is 0. The predicted octanol–water partition coefficient (Wildman–Crippen LogP) is 2.67. The van der Waals surface area contributed by atoms with Crippen LogP contribution in [0.5, 0.6) is 0 Å². The Morgan fingerprint density at radius 2 is 1.72 bits per heavy atom. The molecular formula is C20H25N3O2. The van der Waals surface area contributed by atoms with Crippen LogP contribution in [-0.2, 0) is 9.53 Å². The summed E-state index contributed by atoms with van der Waals surface area (Å²) in [6.45, 7) is 5.34. The van der Waals surface area contributed by atoms with Crippen LogP contribution in [0.3, 0.4) is 0 Å². The summed E-state index contributed by atoms with van der Waals surface area (Å²) in [5.41, 5.74) is 2.11. The molecule has 1 aliphatic rings. The molecule has 0 unspecified atom stereocenters. The number of methoxy groups -OCH3 is 1. The number of hydrogen-bond donors (Lipinski definition) is 0. The molecule has 3 rings (SSSR count). The lowest BCUT2D eigenvalue weighted by atomic mass is 10.1. The standard InChI is InChI=1S/C20H25N3O2/c1-16(18-9-6-10-21-15-18)22-11-13-23(14-12-22)20(24)19(25-2)17-7-4-3-5-8-17/h3-10,15-16,19H,11-14H2,1-2H3/t16-,19+/m1/s1. The third-order valence-corrected chi connectivity index (χ3v) is 4.90. The van der Waals surface area contributed by atoms with Gasteiger partial charge in [-0.15, -0.1) is 0 Å². The molecule has 1 amide bonds. The average Bonchev–Trinajstić information content (AvgIpc) is 2.69. The molecule has 5 nitrogen and oxygen atoms in total. The number of hydrogen-bond acceptors (Lipinski definition) is 4. The summed E-state index contributed by atoms with van der Waals surface area (Å²) in [4.78, 5) is 21.4. The van der Waals surface area contributed by atoms with Gasteiger partial charge < -0.3 is 9.64 Å². The molecule has 0 saturated carbocycles. The second-order valence-corrected chi connectivity index (χ2v) is 6.35. The lowest BCUT2D eigenvalue weighted by molar-refractivity contribution is -0.144. The van der Waals surface area contributed by atoms with Crippen molar-refractivity contribution in [2.45, 2.75) is 19.1 Å². The summed E-state index contributed by atoms with van der Waals surface area (Å²) < 4.78 is 5.48. The largest absolute Gasteiger partial charge is 0.367 e. The predicted molar refractivity (Wildman–Crippen MR) is 97.0 cm³/mol. The van der Waals surface area contributed by atoms with Gasteiger partial charge >= 0.3 is 0 Å². The van der Waals surface area contributed by atoms with Crippen LogP contribution in [0.2, 0.25) is 0 Å². The molecule has 25 heavy (non-hydrogen) atoms. The topological polar surface area (TPSA) is 45.7 Å². The molecule has 1 aromatic heterocycles. The van der Waals surface area contributed by atoms with Crippen LogP contribution >= 0.6 is 0 Å². The summed E-state index contributed by atoms with van der Waals surface area (Å²) in [6.07, 6.45) is 3.18. The first kappa shape index (κ1) is 17.6. The molecule has 132 valence electrons. The van der Waals surface area contributed by atoms with E-state index in [0.717, 1.165) is 31.7 Å². The minimum atomic E-state index is -0.525. The van der Waals surface area contributed by atoms with E-state index in [0.29, 0.717) is 6.04 Å². The molecule has 1 saturated heterocycles. The lowest BCUT2D eigenvalue weighted by Gasteiger charge is -2.39. The number of ether oxygens (including phenoxy) is 1. The molecule has 1 fully saturated rings. The van der Waals surface area contributed by atoms with Crippen molar-refractivity contribution in [3.63, 3.8) is 0 Å². The highest BCUT2D eigenvalue weighted by molar-refractivity contribution is 5.82.